The molecule has 0 saturated carbocycles. The lowest BCUT2D eigenvalue weighted by Crippen LogP contribution is -2.04. The van der Waals surface area contributed by atoms with Crippen LogP contribution in [-0.4, -0.2) is 9.55 Å². The Kier molecular flexibility index (Phi) is 3.18. The molecule has 0 spiro atoms. The molecular weight excluding hydrogens is 224 g/mol. The molecule has 0 atom stereocenters. The Morgan fingerprint density at radius 1 is 1.35 bits per heavy atom. The zero-order chi connectivity index (χ0) is 12.3. The molecule has 17 heavy (non-hydrogen) atoms. The van der Waals surface area contributed by atoms with Crippen molar-refractivity contribution in [3.8, 4) is 0 Å². The van der Waals surface area contributed by atoms with Crippen LogP contribution in [0.1, 0.15) is 0 Å². The van der Waals surface area contributed by atoms with Gasteiger partial charge in [-0.1, -0.05) is 12.1 Å². The predicted molar refractivity (Wildman–Crippen MR) is 62.1 cm³/mol. The molecule has 0 unspecified atom stereocenters. The summed E-state index contributed by atoms with van der Waals surface area (Å²) in [6.45, 7) is 4.11. The Hall–Kier alpha value is -2.17. The Morgan fingerprint density at radius 3 is 2.71 bits per heavy atom. The van der Waals surface area contributed by atoms with Crippen LogP contribution in [0.2, 0.25) is 0 Å². The van der Waals surface area contributed by atoms with Gasteiger partial charge < -0.3 is 9.88 Å². The lowest BCUT2D eigenvalue weighted by atomic mass is 10.3. The number of benzene rings is 1. The fourth-order valence-electron chi connectivity index (χ4n) is 1.45. The summed E-state index contributed by atoms with van der Waals surface area (Å²) < 4.78 is 28.5. The van der Waals surface area contributed by atoms with Crippen LogP contribution in [-0.2, 0) is 6.54 Å². The highest BCUT2D eigenvalue weighted by Gasteiger charge is 2.10. The summed E-state index contributed by atoms with van der Waals surface area (Å²) in [4.78, 5) is 3.98. The molecule has 0 aliphatic heterocycles. The monoisotopic (exact) mass is 235 g/mol. The lowest BCUT2D eigenvalue weighted by Gasteiger charge is -2.09. The molecule has 1 aromatic heterocycles. The molecule has 2 rings (SSSR count). The molecule has 0 saturated heterocycles. The largest absolute Gasteiger partial charge is 0.321 e. The zero-order valence-electron chi connectivity index (χ0n) is 9.03. The van der Waals surface area contributed by atoms with Gasteiger partial charge in [0.2, 0.25) is 5.95 Å². The van der Waals surface area contributed by atoms with Crippen LogP contribution in [0.3, 0.4) is 0 Å². The first-order chi connectivity index (χ1) is 8.22. The van der Waals surface area contributed by atoms with E-state index in [0.29, 0.717) is 12.5 Å². The smallest absolute Gasteiger partial charge is 0.207 e. The summed E-state index contributed by atoms with van der Waals surface area (Å²) in [7, 11) is 0. The van der Waals surface area contributed by atoms with Crippen LogP contribution in [0.15, 0.2) is 43.2 Å². The van der Waals surface area contributed by atoms with Crippen LogP contribution in [0.25, 0.3) is 0 Å². The van der Waals surface area contributed by atoms with Crippen molar-refractivity contribution in [2.24, 2.45) is 0 Å². The molecule has 0 aliphatic carbocycles. The average Bonchev–Trinajstić information content (AvgIpc) is 2.72. The van der Waals surface area contributed by atoms with E-state index < -0.39 is 11.6 Å². The van der Waals surface area contributed by atoms with Crippen LogP contribution in [0.4, 0.5) is 20.4 Å². The summed E-state index contributed by atoms with van der Waals surface area (Å²) >= 11 is 0. The molecule has 0 amide bonds. The zero-order valence-corrected chi connectivity index (χ0v) is 9.03. The molecule has 1 N–H and O–H groups in total. The van der Waals surface area contributed by atoms with E-state index in [2.05, 4.69) is 16.9 Å². The van der Waals surface area contributed by atoms with Gasteiger partial charge in [0.05, 0.1) is 0 Å². The Balaban J connectivity index is 2.31. The van der Waals surface area contributed by atoms with Gasteiger partial charge in [0.1, 0.15) is 17.3 Å². The van der Waals surface area contributed by atoms with Crippen LogP contribution in [0, 0.1) is 11.6 Å². The second-order valence-electron chi connectivity index (χ2n) is 3.41. The molecule has 1 heterocycles. The molecule has 0 radical (unpaired) electrons. The number of imidazole rings is 1. The Bertz CT molecular complexity index is 514. The fraction of sp³-hybridized carbons (Fsp3) is 0.0833. The minimum absolute atomic E-state index is 0.205. The number of nitrogens with one attached hydrogen (secondary N) is 1. The van der Waals surface area contributed by atoms with Crippen molar-refractivity contribution < 1.29 is 8.78 Å². The summed E-state index contributed by atoms with van der Waals surface area (Å²) in [5, 5.41) is 2.63. The molecule has 5 heteroatoms. The van der Waals surface area contributed by atoms with Gasteiger partial charge in [-0.2, -0.15) is 0 Å². The van der Waals surface area contributed by atoms with Gasteiger partial charge in [0, 0.05) is 18.9 Å². The van der Waals surface area contributed by atoms with E-state index in [1.54, 1.807) is 23.0 Å². The van der Waals surface area contributed by atoms with Gasteiger partial charge in [-0.3, -0.25) is 0 Å². The molecular formula is C12H11F2N3. The Morgan fingerprint density at radius 2 is 2.06 bits per heavy atom. The maximum Gasteiger partial charge on any atom is 0.207 e. The lowest BCUT2D eigenvalue weighted by molar-refractivity contribution is 0.590. The first kappa shape index (κ1) is 11.3. The normalized spacial score (nSPS) is 10.2. The molecule has 0 aliphatic rings. The molecule has 88 valence electrons. The predicted octanol–water partition coefficient (Wildman–Crippen LogP) is 3.09. The summed E-state index contributed by atoms with van der Waals surface area (Å²) in [6.07, 6.45) is 4.91. The maximum atomic E-state index is 13.4. The van der Waals surface area contributed by atoms with Crippen LogP contribution in [0.5, 0.6) is 0 Å². The summed E-state index contributed by atoms with van der Waals surface area (Å²) in [5.41, 5.74) is -0.205. The number of hydrogen-bond acceptors (Lipinski definition) is 2. The van der Waals surface area contributed by atoms with Crippen molar-refractivity contribution in [1.29, 1.82) is 0 Å². The van der Waals surface area contributed by atoms with Crippen LogP contribution >= 0.6 is 0 Å². The van der Waals surface area contributed by atoms with E-state index in [9.17, 15) is 8.78 Å². The highest BCUT2D eigenvalue weighted by molar-refractivity contribution is 5.55. The van der Waals surface area contributed by atoms with E-state index in [0.717, 1.165) is 0 Å². The number of allylic oxidation sites excluding steroid dienone is 1. The van der Waals surface area contributed by atoms with Gasteiger partial charge in [-0.25, -0.2) is 13.8 Å². The maximum absolute atomic E-state index is 13.4. The van der Waals surface area contributed by atoms with E-state index in [-0.39, 0.29) is 5.69 Å². The van der Waals surface area contributed by atoms with Crippen molar-refractivity contribution in [2.75, 3.05) is 5.32 Å². The third-order valence-corrected chi connectivity index (χ3v) is 2.24. The first-order valence-corrected chi connectivity index (χ1v) is 5.05. The standard InChI is InChI=1S/C12H11F2N3/c1-2-7-17-8-6-15-12(17)16-11-9(13)4-3-5-10(11)14/h2-6,8H,1,7H2,(H,15,16). The number of aromatic nitrogens is 2. The van der Waals surface area contributed by atoms with Crippen molar-refractivity contribution >= 4 is 11.6 Å². The minimum atomic E-state index is -0.654. The number of hydrogen-bond donors (Lipinski definition) is 1. The topological polar surface area (TPSA) is 29.9 Å². The molecule has 0 fully saturated rings. The number of para-hydroxylation sites is 1. The van der Waals surface area contributed by atoms with Crippen molar-refractivity contribution in [3.63, 3.8) is 0 Å². The molecule has 3 nitrogen and oxygen atoms in total. The number of rotatable bonds is 4. The SMILES string of the molecule is C=CCn1ccnc1Nc1c(F)cccc1F. The van der Waals surface area contributed by atoms with E-state index >= 15 is 0 Å². The van der Waals surface area contributed by atoms with Gasteiger partial charge in [0.25, 0.3) is 0 Å². The van der Waals surface area contributed by atoms with Crippen molar-refractivity contribution in [2.45, 2.75) is 6.54 Å². The van der Waals surface area contributed by atoms with E-state index in [4.69, 9.17) is 0 Å². The Labute approximate surface area is 97.4 Å². The number of anilines is 2. The van der Waals surface area contributed by atoms with Gasteiger partial charge in [0.15, 0.2) is 0 Å². The van der Waals surface area contributed by atoms with Crippen molar-refractivity contribution in [3.05, 3.63) is 54.9 Å². The third-order valence-electron chi connectivity index (χ3n) is 2.24. The quantitative estimate of drug-likeness (QED) is 0.825. The second-order valence-corrected chi connectivity index (χ2v) is 3.41. The molecule has 2 aromatic rings. The van der Waals surface area contributed by atoms with Crippen LogP contribution < -0.4 is 5.32 Å². The second kappa shape index (κ2) is 4.78. The van der Waals surface area contributed by atoms with Gasteiger partial charge in [-0.15, -0.1) is 6.58 Å². The average molecular weight is 235 g/mol. The van der Waals surface area contributed by atoms with Gasteiger partial charge in [-0.05, 0) is 12.1 Å². The first-order valence-electron chi connectivity index (χ1n) is 5.05. The van der Waals surface area contributed by atoms with Gasteiger partial charge >= 0.3 is 0 Å². The number of halogens is 2. The highest BCUT2D eigenvalue weighted by atomic mass is 19.1. The fourth-order valence-corrected chi connectivity index (χ4v) is 1.45. The molecule has 0 bridgehead atoms. The number of nitrogens with zero attached hydrogens (tertiary/aromatic N) is 2. The third kappa shape index (κ3) is 2.33. The van der Waals surface area contributed by atoms with Crippen molar-refractivity contribution in [1.82, 2.24) is 9.55 Å². The molecule has 1 aromatic carbocycles. The highest BCUT2D eigenvalue weighted by Crippen LogP contribution is 2.22. The summed E-state index contributed by atoms with van der Waals surface area (Å²) in [5.74, 6) is -0.940. The van der Waals surface area contributed by atoms with E-state index in [1.165, 1.54) is 18.2 Å². The summed E-state index contributed by atoms with van der Waals surface area (Å²) in [6, 6.07) is 3.68. The van der Waals surface area contributed by atoms with E-state index in [1.807, 2.05) is 0 Å². The minimum Gasteiger partial charge on any atom is -0.321 e.